The SMILES string of the molecule is CC(C)(C)CC(C)(C)O.CN(C)C=Nc1c(C2(OC(N)=O)CC2(F)F)c(C#N)nn1-c1c(Cl)cc(C(F)(F)F)cc1Cl. The number of hydrogen-bond acceptors (Lipinski definition) is 6. The largest absolute Gasteiger partial charge is 0.431 e. The van der Waals surface area contributed by atoms with Crippen LogP contribution < -0.4 is 5.73 Å². The molecule has 1 aromatic carbocycles. The van der Waals surface area contributed by atoms with Gasteiger partial charge in [-0.2, -0.15) is 23.5 Å². The molecule has 16 heteroatoms. The number of carbonyl (C=O) groups excluding carboxylic acids is 1. The predicted molar refractivity (Wildman–Crippen MR) is 147 cm³/mol. The number of amides is 1. The second-order valence-electron chi connectivity index (χ2n) is 11.7. The molecular weight excluding hydrogens is 610 g/mol. The molecule has 3 rings (SSSR count). The Hall–Kier alpha value is -3.15. The van der Waals surface area contributed by atoms with Gasteiger partial charge in [0.25, 0.3) is 5.92 Å². The monoisotopic (exact) mass is 640 g/mol. The van der Waals surface area contributed by atoms with Crippen molar-refractivity contribution >= 4 is 41.5 Å². The molecule has 0 spiro atoms. The van der Waals surface area contributed by atoms with Crippen LogP contribution in [0.1, 0.15) is 64.3 Å². The third kappa shape index (κ3) is 8.23. The molecule has 0 aliphatic heterocycles. The number of aliphatic imine (C=N–C) groups is 1. The van der Waals surface area contributed by atoms with E-state index in [-0.39, 0.29) is 11.1 Å². The number of nitriles is 1. The lowest BCUT2D eigenvalue weighted by molar-refractivity contribution is -0.137. The lowest BCUT2D eigenvalue weighted by Gasteiger charge is -2.27. The van der Waals surface area contributed by atoms with Crippen LogP contribution in [0.2, 0.25) is 10.0 Å². The van der Waals surface area contributed by atoms with Crippen molar-refractivity contribution in [3.05, 3.63) is 39.0 Å². The zero-order valence-corrected chi connectivity index (χ0v) is 25.4. The number of aliphatic hydroxyl groups is 1. The molecular formula is C26H31Cl2F5N6O3. The van der Waals surface area contributed by atoms with Crippen LogP contribution in [0.3, 0.4) is 0 Å². The Balaban J connectivity index is 0.000000592. The number of carbonyl (C=O) groups is 1. The Labute approximate surface area is 249 Å². The normalized spacial score (nSPS) is 18.2. The number of hydrogen-bond donors (Lipinski definition) is 2. The van der Waals surface area contributed by atoms with E-state index in [0.717, 1.165) is 17.4 Å². The number of nitrogens with two attached hydrogens (primary N) is 1. The summed E-state index contributed by atoms with van der Waals surface area (Å²) in [6.07, 6.45) is -5.36. The molecule has 0 radical (unpaired) electrons. The fraction of sp³-hybridized carbons (Fsp3) is 0.538. The smallest absolute Gasteiger partial charge is 0.416 e. The highest BCUT2D eigenvalue weighted by molar-refractivity contribution is 6.38. The van der Waals surface area contributed by atoms with Gasteiger partial charge in [-0.05, 0) is 37.8 Å². The number of primary amides is 1. The van der Waals surface area contributed by atoms with Crippen molar-refractivity contribution in [1.82, 2.24) is 14.7 Å². The third-order valence-corrected chi connectivity index (χ3v) is 6.09. The van der Waals surface area contributed by atoms with E-state index in [1.54, 1.807) is 6.07 Å². The topological polar surface area (TPSA) is 130 Å². The molecule has 1 aromatic heterocycles. The van der Waals surface area contributed by atoms with Crippen LogP contribution in [0.15, 0.2) is 17.1 Å². The lowest BCUT2D eigenvalue weighted by Crippen LogP contribution is -2.28. The first-order valence-corrected chi connectivity index (χ1v) is 13.0. The van der Waals surface area contributed by atoms with Crippen LogP contribution in [0, 0.1) is 16.7 Å². The standard InChI is InChI=1S/C18H13Cl2F5N6O2.C8H18O/c1-30(2)7-28-14-12(16(33-15(27)32)6-17(16,21)22)11(5-26)29-31(14)13-9(19)3-8(4-10(13)20)18(23,24)25;1-7(2,3)6-8(4,5)9/h3-4,7H,6H2,1-2H3,(H2,27,32);9H,6H2,1-5H3. The number of alkyl halides is 5. The molecule has 3 N–H and O–H groups in total. The van der Waals surface area contributed by atoms with Crippen molar-refractivity contribution in [3.8, 4) is 11.8 Å². The number of ether oxygens (including phenoxy) is 1. The van der Waals surface area contributed by atoms with Gasteiger partial charge in [0.05, 0.1) is 39.5 Å². The van der Waals surface area contributed by atoms with Crippen LogP contribution in [-0.2, 0) is 16.5 Å². The van der Waals surface area contributed by atoms with Gasteiger partial charge in [-0.15, -0.1) is 0 Å². The molecule has 9 nitrogen and oxygen atoms in total. The quantitative estimate of drug-likeness (QED) is 0.203. The van der Waals surface area contributed by atoms with Crippen LogP contribution in [-0.4, -0.2) is 57.8 Å². The lowest BCUT2D eigenvalue weighted by atomic mass is 9.84. The van der Waals surface area contributed by atoms with E-state index in [9.17, 15) is 37.1 Å². The van der Waals surface area contributed by atoms with Gasteiger partial charge in [0.15, 0.2) is 11.5 Å². The number of benzene rings is 1. The zero-order valence-electron chi connectivity index (χ0n) is 23.9. The van der Waals surface area contributed by atoms with Gasteiger partial charge in [0.1, 0.15) is 11.8 Å². The first-order chi connectivity index (χ1) is 18.8. The fourth-order valence-electron chi connectivity index (χ4n) is 4.41. The molecule has 1 saturated carbocycles. The van der Waals surface area contributed by atoms with E-state index >= 15 is 0 Å². The highest BCUT2D eigenvalue weighted by Crippen LogP contribution is 2.65. The molecule has 1 amide bonds. The minimum Gasteiger partial charge on any atom is -0.431 e. The maximum Gasteiger partial charge on any atom is 0.416 e. The van der Waals surface area contributed by atoms with Gasteiger partial charge in [-0.3, -0.25) is 0 Å². The molecule has 1 aliphatic carbocycles. The average molecular weight is 641 g/mol. The highest BCUT2D eigenvalue weighted by atomic mass is 35.5. The average Bonchev–Trinajstić information content (AvgIpc) is 3.12. The summed E-state index contributed by atoms with van der Waals surface area (Å²) in [7, 11) is 3.07. The first kappa shape index (κ1) is 35.0. The van der Waals surface area contributed by atoms with Gasteiger partial charge in [0.2, 0.25) is 5.60 Å². The maximum absolute atomic E-state index is 14.4. The second-order valence-corrected chi connectivity index (χ2v) is 12.6. The summed E-state index contributed by atoms with van der Waals surface area (Å²) in [5.74, 6) is -4.10. The van der Waals surface area contributed by atoms with Crippen LogP contribution >= 0.6 is 23.2 Å². The van der Waals surface area contributed by atoms with Crippen molar-refractivity contribution < 1.29 is 36.6 Å². The minimum absolute atomic E-state index is 0.234. The Morgan fingerprint density at radius 1 is 1.24 bits per heavy atom. The van der Waals surface area contributed by atoms with Crippen molar-refractivity contribution in [2.75, 3.05) is 14.1 Å². The van der Waals surface area contributed by atoms with Gasteiger partial charge in [0, 0.05) is 14.1 Å². The van der Waals surface area contributed by atoms with Crippen molar-refractivity contribution in [2.45, 2.75) is 70.8 Å². The molecule has 1 atom stereocenters. The summed E-state index contributed by atoms with van der Waals surface area (Å²) in [5.41, 5.74) is -0.757. The van der Waals surface area contributed by atoms with Crippen LogP contribution in [0.25, 0.3) is 5.69 Å². The van der Waals surface area contributed by atoms with Crippen LogP contribution in [0.5, 0.6) is 0 Å². The summed E-state index contributed by atoms with van der Waals surface area (Å²) < 4.78 is 73.6. The third-order valence-electron chi connectivity index (χ3n) is 5.51. The van der Waals surface area contributed by atoms with Gasteiger partial charge in [-0.1, -0.05) is 44.0 Å². The Kier molecular flexibility index (Phi) is 9.89. The Morgan fingerprint density at radius 2 is 1.74 bits per heavy atom. The van der Waals surface area contributed by atoms with Crippen molar-refractivity contribution in [2.24, 2.45) is 16.1 Å². The molecule has 1 aliphatic rings. The van der Waals surface area contributed by atoms with E-state index in [1.165, 1.54) is 19.0 Å². The zero-order chi connectivity index (χ0) is 32.6. The molecule has 0 bridgehead atoms. The molecule has 0 saturated heterocycles. The van der Waals surface area contributed by atoms with Gasteiger partial charge in [-0.25, -0.2) is 23.2 Å². The summed E-state index contributed by atoms with van der Waals surface area (Å²) >= 11 is 12.1. The molecule has 1 heterocycles. The van der Waals surface area contributed by atoms with Crippen LogP contribution in [0.4, 0.5) is 32.6 Å². The summed E-state index contributed by atoms with van der Waals surface area (Å²) in [5, 5.41) is 21.7. The fourth-order valence-corrected chi connectivity index (χ4v) is 5.05. The van der Waals surface area contributed by atoms with E-state index in [1.807, 2.05) is 13.8 Å². The summed E-state index contributed by atoms with van der Waals surface area (Å²) in [4.78, 5) is 16.8. The maximum atomic E-state index is 14.4. The minimum atomic E-state index is -4.78. The first-order valence-electron chi connectivity index (χ1n) is 12.2. The summed E-state index contributed by atoms with van der Waals surface area (Å²) in [6, 6.07) is 2.70. The van der Waals surface area contributed by atoms with E-state index in [4.69, 9.17) is 33.7 Å². The van der Waals surface area contributed by atoms with E-state index < -0.39 is 68.5 Å². The van der Waals surface area contributed by atoms with Crippen molar-refractivity contribution in [3.63, 3.8) is 0 Å². The molecule has 2 aromatic rings. The molecule has 42 heavy (non-hydrogen) atoms. The molecule has 232 valence electrons. The van der Waals surface area contributed by atoms with Crippen molar-refractivity contribution in [1.29, 1.82) is 5.26 Å². The van der Waals surface area contributed by atoms with E-state index in [0.29, 0.717) is 12.1 Å². The Morgan fingerprint density at radius 3 is 2.05 bits per heavy atom. The van der Waals surface area contributed by atoms with E-state index in [2.05, 4.69) is 30.9 Å². The highest BCUT2D eigenvalue weighted by Gasteiger charge is 2.78. The number of nitrogens with zero attached hydrogens (tertiary/aromatic N) is 5. The Bertz CT molecular complexity index is 1370. The second kappa shape index (κ2) is 11.9. The summed E-state index contributed by atoms with van der Waals surface area (Å²) in [6.45, 7) is 10.1. The van der Waals surface area contributed by atoms with Gasteiger partial charge < -0.3 is 20.5 Å². The van der Waals surface area contributed by atoms with Gasteiger partial charge >= 0.3 is 12.3 Å². The number of rotatable bonds is 6. The predicted octanol–water partition coefficient (Wildman–Crippen LogP) is 6.81. The molecule has 1 unspecified atom stereocenters. The number of halogens is 7. The number of aromatic nitrogens is 2. The molecule has 1 fully saturated rings.